The number of carbonyl (C=O) groups excluding carboxylic acids is 1. The molecule has 0 aliphatic carbocycles. The van der Waals surface area contributed by atoms with Crippen LogP contribution < -0.4 is 4.90 Å². The van der Waals surface area contributed by atoms with Crippen molar-refractivity contribution < 1.29 is 14.3 Å². The van der Waals surface area contributed by atoms with Gasteiger partial charge in [-0.3, -0.25) is 0 Å². The van der Waals surface area contributed by atoms with Gasteiger partial charge in [0, 0.05) is 28.6 Å². The van der Waals surface area contributed by atoms with Gasteiger partial charge in [-0.05, 0) is 42.5 Å². The van der Waals surface area contributed by atoms with Crippen LogP contribution in [0.25, 0.3) is 6.08 Å². The number of anilines is 1. The second-order valence-corrected chi connectivity index (χ2v) is 7.15. The topological polar surface area (TPSA) is 51.1 Å². The molecule has 2 aliphatic heterocycles. The van der Waals surface area contributed by atoms with E-state index in [1.54, 1.807) is 41.7 Å². The van der Waals surface area contributed by atoms with Crippen molar-refractivity contribution in [2.24, 2.45) is 4.99 Å². The number of thiophene rings is 1. The van der Waals surface area contributed by atoms with Crippen molar-refractivity contribution in [1.82, 2.24) is 0 Å². The van der Waals surface area contributed by atoms with Crippen molar-refractivity contribution in [1.29, 1.82) is 0 Å². The number of cyclic esters (lactones) is 1. The maximum atomic E-state index is 12.1. The van der Waals surface area contributed by atoms with Gasteiger partial charge in [0.25, 0.3) is 0 Å². The maximum Gasteiger partial charge on any atom is 0.363 e. The highest BCUT2D eigenvalue weighted by molar-refractivity contribution is 7.16. The number of hydrogen-bond donors (Lipinski definition) is 0. The Labute approximate surface area is 154 Å². The lowest BCUT2D eigenvalue weighted by Crippen LogP contribution is -2.35. The van der Waals surface area contributed by atoms with Crippen LogP contribution in [-0.4, -0.2) is 38.2 Å². The highest BCUT2D eigenvalue weighted by Gasteiger charge is 2.24. The number of ether oxygens (including phenoxy) is 2. The number of aliphatic imine (C=N–C) groups is 1. The number of carbonyl (C=O) groups is 1. The minimum Gasteiger partial charge on any atom is -0.402 e. The molecule has 1 aromatic heterocycles. The predicted octanol–water partition coefficient (Wildman–Crippen LogP) is 3.58. The SMILES string of the molecule is O=C1OC(c2ccc(Cl)cc2)=NC1=Cc1ccc(N2CCOCC2)s1. The fourth-order valence-electron chi connectivity index (χ4n) is 2.63. The standard InChI is InChI=1S/C18H15ClN2O3S/c19-13-3-1-12(2-4-13)17-20-15(18(22)24-17)11-14-5-6-16(25-14)21-7-9-23-10-8-21/h1-6,11H,7-10H2. The molecule has 0 radical (unpaired) electrons. The summed E-state index contributed by atoms with van der Waals surface area (Å²) in [5.41, 5.74) is 1.03. The lowest BCUT2D eigenvalue weighted by atomic mass is 10.2. The number of nitrogens with zero attached hydrogens (tertiary/aromatic N) is 2. The lowest BCUT2D eigenvalue weighted by Gasteiger charge is -2.27. The summed E-state index contributed by atoms with van der Waals surface area (Å²) in [7, 11) is 0. The van der Waals surface area contributed by atoms with Gasteiger partial charge in [-0.1, -0.05) is 11.6 Å². The first-order valence-electron chi connectivity index (χ1n) is 7.90. The van der Waals surface area contributed by atoms with Crippen LogP contribution in [0.1, 0.15) is 10.4 Å². The Kier molecular flexibility index (Phi) is 4.57. The molecule has 25 heavy (non-hydrogen) atoms. The van der Waals surface area contributed by atoms with Crippen LogP contribution in [0.15, 0.2) is 47.1 Å². The first kappa shape index (κ1) is 16.3. The van der Waals surface area contributed by atoms with Gasteiger partial charge in [0.15, 0.2) is 5.70 Å². The number of halogens is 1. The van der Waals surface area contributed by atoms with E-state index in [1.165, 1.54) is 5.00 Å². The van der Waals surface area contributed by atoms with E-state index in [0.29, 0.717) is 16.6 Å². The molecule has 1 saturated heterocycles. The normalized spacial score (nSPS) is 19.2. The maximum absolute atomic E-state index is 12.1. The van der Waals surface area contributed by atoms with Crippen molar-refractivity contribution in [2.45, 2.75) is 0 Å². The number of morpholine rings is 1. The number of benzene rings is 1. The fraction of sp³-hybridized carbons (Fsp3) is 0.222. The van der Waals surface area contributed by atoms with Crippen molar-refractivity contribution in [3.63, 3.8) is 0 Å². The van der Waals surface area contributed by atoms with Crippen LogP contribution >= 0.6 is 22.9 Å². The molecule has 7 heteroatoms. The zero-order chi connectivity index (χ0) is 17.2. The molecular weight excluding hydrogens is 360 g/mol. The first-order chi connectivity index (χ1) is 12.2. The summed E-state index contributed by atoms with van der Waals surface area (Å²) in [5, 5.41) is 1.79. The fourth-order valence-corrected chi connectivity index (χ4v) is 3.76. The van der Waals surface area contributed by atoms with E-state index < -0.39 is 5.97 Å². The molecule has 3 heterocycles. The second-order valence-electron chi connectivity index (χ2n) is 5.62. The first-order valence-corrected chi connectivity index (χ1v) is 9.09. The van der Waals surface area contributed by atoms with E-state index in [-0.39, 0.29) is 0 Å². The molecule has 2 aromatic rings. The quantitative estimate of drug-likeness (QED) is 0.608. The molecule has 1 aromatic carbocycles. The Morgan fingerprint density at radius 2 is 1.88 bits per heavy atom. The summed E-state index contributed by atoms with van der Waals surface area (Å²) < 4.78 is 10.6. The third-order valence-corrected chi connectivity index (χ3v) is 5.27. The number of rotatable bonds is 3. The smallest absolute Gasteiger partial charge is 0.363 e. The van der Waals surface area contributed by atoms with Crippen LogP contribution in [0.4, 0.5) is 5.00 Å². The van der Waals surface area contributed by atoms with Crippen LogP contribution in [0.2, 0.25) is 5.02 Å². The molecule has 2 aliphatic rings. The lowest BCUT2D eigenvalue weighted by molar-refractivity contribution is -0.129. The van der Waals surface area contributed by atoms with E-state index in [9.17, 15) is 4.79 Å². The summed E-state index contributed by atoms with van der Waals surface area (Å²) in [6.45, 7) is 3.26. The average molecular weight is 375 g/mol. The molecule has 0 N–H and O–H groups in total. The molecule has 0 atom stereocenters. The number of hydrogen-bond acceptors (Lipinski definition) is 6. The summed E-state index contributed by atoms with van der Waals surface area (Å²) in [6.07, 6.45) is 1.76. The van der Waals surface area contributed by atoms with Gasteiger partial charge in [0.2, 0.25) is 5.90 Å². The minimum atomic E-state index is -0.439. The highest BCUT2D eigenvalue weighted by Crippen LogP contribution is 2.29. The van der Waals surface area contributed by atoms with Crippen molar-refractivity contribution in [3.05, 3.63) is 57.6 Å². The van der Waals surface area contributed by atoms with Gasteiger partial charge >= 0.3 is 5.97 Å². The van der Waals surface area contributed by atoms with Crippen molar-refractivity contribution >= 4 is 45.9 Å². The molecule has 1 fully saturated rings. The Morgan fingerprint density at radius 3 is 2.64 bits per heavy atom. The van der Waals surface area contributed by atoms with Crippen LogP contribution in [0, 0.1) is 0 Å². The third-order valence-electron chi connectivity index (χ3n) is 3.93. The Morgan fingerprint density at radius 1 is 1.12 bits per heavy atom. The van der Waals surface area contributed by atoms with Crippen molar-refractivity contribution in [2.75, 3.05) is 31.2 Å². The molecule has 0 saturated carbocycles. The van der Waals surface area contributed by atoms with Gasteiger partial charge in [0.1, 0.15) is 0 Å². The summed E-state index contributed by atoms with van der Waals surface area (Å²) in [5.74, 6) is -0.135. The Hall–Kier alpha value is -2.15. The molecule has 0 spiro atoms. The average Bonchev–Trinajstić information content (AvgIpc) is 3.24. The monoisotopic (exact) mass is 374 g/mol. The summed E-state index contributed by atoms with van der Waals surface area (Å²) in [6, 6.07) is 11.1. The summed E-state index contributed by atoms with van der Waals surface area (Å²) in [4.78, 5) is 19.7. The van der Waals surface area contributed by atoms with Crippen LogP contribution in [0.5, 0.6) is 0 Å². The van der Waals surface area contributed by atoms with Crippen molar-refractivity contribution in [3.8, 4) is 0 Å². The molecule has 0 unspecified atom stereocenters. The van der Waals surface area contributed by atoms with Crippen LogP contribution in [0.3, 0.4) is 0 Å². The zero-order valence-corrected chi connectivity index (χ0v) is 14.8. The molecule has 4 rings (SSSR count). The van der Waals surface area contributed by atoms with E-state index in [2.05, 4.69) is 16.0 Å². The van der Waals surface area contributed by atoms with E-state index >= 15 is 0 Å². The van der Waals surface area contributed by atoms with E-state index in [0.717, 1.165) is 36.7 Å². The minimum absolute atomic E-state index is 0.304. The largest absolute Gasteiger partial charge is 0.402 e. The molecule has 128 valence electrons. The zero-order valence-electron chi connectivity index (χ0n) is 13.3. The van der Waals surface area contributed by atoms with E-state index in [1.807, 2.05) is 6.07 Å². The van der Waals surface area contributed by atoms with Gasteiger partial charge in [-0.15, -0.1) is 11.3 Å². The molecule has 0 amide bonds. The summed E-state index contributed by atoms with van der Waals surface area (Å²) >= 11 is 7.51. The van der Waals surface area contributed by atoms with Gasteiger partial charge in [-0.25, -0.2) is 9.79 Å². The van der Waals surface area contributed by atoms with Gasteiger partial charge in [-0.2, -0.15) is 0 Å². The van der Waals surface area contributed by atoms with Gasteiger partial charge < -0.3 is 14.4 Å². The Balaban J connectivity index is 1.55. The van der Waals surface area contributed by atoms with Gasteiger partial charge in [0.05, 0.1) is 18.2 Å². The Bertz CT molecular complexity index is 851. The second kappa shape index (κ2) is 7.00. The van der Waals surface area contributed by atoms with E-state index in [4.69, 9.17) is 21.1 Å². The highest BCUT2D eigenvalue weighted by atomic mass is 35.5. The third kappa shape index (κ3) is 3.61. The van der Waals surface area contributed by atoms with Crippen LogP contribution in [-0.2, 0) is 14.3 Å². The number of esters is 1. The molecular formula is C18H15ClN2O3S. The predicted molar refractivity (Wildman–Crippen MR) is 99.4 cm³/mol. The molecule has 0 bridgehead atoms. The molecule has 5 nitrogen and oxygen atoms in total.